The van der Waals surface area contributed by atoms with Gasteiger partial charge in [-0.05, 0) is 24.6 Å². The third-order valence-electron chi connectivity index (χ3n) is 4.61. The molecule has 0 aliphatic rings. The van der Waals surface area contributed by atoms with Crippen molar-refractivity contribution in [1.82, 2.24) is 14.3 Å². The van der Waals surface area contributed by atoms with Gasteiger partial charge in [0.1, 0.15) is 5.69 Å². The van der Waals surface area contributed by atoms with Crippen LogP contribution in [0.15, 0.2) is 66.9 Å². The summed E-state index contributed by atoms with van der Waals surface area (Å²) in [4.78, 5) is 12.5. The Hall–Kier alpha value is -3.34. The van der Waals surface area contributed by atoms with Gasteiger partial charge in [0.2, 0.25) is 0 Å². The number of esters is 1. The highest BCUT2D eigenvalue weighted by Gasteiger charge is 2.19. The molecule has 2 aromatic carbocycles. The molecule has 0 spiro atoms. The highest BCUT2D eigenvalue weighted by molar-refractivity contribution is 5.97. The van der Waals surface area contributed by atoms with Crippen LogP contribution in [0.4, 0.5) is 0 Å². The molecule has 4 aromatic rings. The molecular weight excluding hydrogens is 338 g/mol. The summed E-state index contributed by atoms with van der Waals surface area (Å²) in [5.74, 6) is -0.354. The molecule has 0 bridgehead atoms. The molecule has 2 aromatic heterocycles. The predicted molar refractivity (Wildman–Crippen MR) is 106 cm³/mol. The molecule has 136 valence electrons. The van der Waals surface area contributed by atoms with Gasteiger partial charge in [-0.1, -0.05) is 48.5 Å². The van der Waals surface area contributed by atoms with Crippen molar-refractivity contribution in [2.75, 3.05) is 6.61 Å². The van der Waals surface area contributed by atoms with Gasteiger partial charge < -0.3 is 9.30 Å². The molecular formula is C22H21N3O2. The second-order valence-corrected chi connectivity index (χ2v) is 6.45. The van der Waals surface area contributed by atoms with E-state index in [4.69, 9.17) is 9.84 Å². The van der Waals surface area contributed by atoms with Gasteiger partial charge in [-0.25, -0.2) is 4.79 Å². The number of carbonyl (C=O) groups is 1. The van der Waals surface area contributed by atoms with Crippen molar-refractivity contribution in [1.29, 1.82) is 0 Å². The minimum absolute atomic E-state index is 0.332. The normalized spacial score (nSPS) is 11.0. The van der Waals surface area contributed by atoms with Crippen LogP contribution in [0.3, 0.4) is 0 Å². The van der Waals surface area contributed by atoms with Crippen molar-refractivity contribution < 1.29 is 9.53 Å². The van der Waals surface area contributed by atoms with E-state index in [1.54, 1.807) is 11.6 Å². The van der Waals surface area contributed by atoms with Crippen LogP contribution in [-0.2, 0) is 18.3 Å². The second kappa shape index (κ2) is 7.11. The lowest BCUT2D eigenvalue weighted by Gasteiger charge is -2.06. The van der Waals surface area contributed by atoms with Crippen LogP contribution in [0.25, 0.3) is 22.2 Å². The number of aromatic nitrogens is 3. The number of fused-ring (bicyclic) bond motifs is 1. The zero-order chi connectivity index (χ0) is 18.8. The van der Waals surface area contributed by atoms with Crippen LogP contribution in [0.2, 0.25) is 0 Å². The lowest BCUT2D eigenvalue weighted by atomic mass is 10.1. The molecule has 4 rings (SSSR count). The molecule has 0 fully saturated rings. The number of nitrogens with zero attached hydrogens (tertiary/aromatic N) is 3. The number of hydrogen-bond acceptors (Lipinski definition) is 3. The van der Waals surface area contributed by atoms with E-state index < -0.39 is 0 Å². The average molecular weight is 359 g/mol. The molecule has 2 heterocycles. The van der Waals surface area contributed by atoms with Crippen molar-refractivity contribution in [3.63, 3.8) is 0 Å². The van der Waals surface area contributed by atoms with E-state index in [-0.39, 0.29) is 5.97 Å². The van der Waals surface area contributed by atoms with Gasteiger partial charge in [0.15, 0.2) is 0 Å². The summed E-state index contributed by atoms with van der Waals surface area (Å²) in [7, 11) is 2.01. The van der Waals surface area contributed by atoms with Gasteiger partial charge in [-0.15, -0.1) is 0 Å². The smallest absolute Gasteiger partial charge is 0.356 e. The van der Waals surface area contributed by atoms with Crippen LogP contribution in [-0.4, -0.2) is 26.9 Å². The fourth-order valence-electron chi connectivity index (χ4n) is 3.34. The zero-order valence-corrected chi connectivity index (χ0v) is 15.4. The Kier molecular flexibility index (Phi) is 4.50. The van der Waals surface area contributed by atoms with E-state index >= 15 is 0 Å². The Labute approximate surface area is 157 Å². The fourth-order valence-corrected chi connectivity index (χ4v) is 3.34. The summed E-state index contributed by atoms with van der Waals surface area (Å²) in [5.41, 5.74) is 4.44. The molecule has 0 saturated carbocycles. The molecule has 0 N–H and O–H groups in total. The van der Waals surface area contributed by atoms with Crippen molar-refractivity contribution in [2.45, 2.75) is 13.5 Å². The highest BCUT2D eigenvalue weighted by Crippen LogP contribution is 2.30. The van der Waals surface area contributed by atoms with E-state index in [1.807, 2.05) is 55.6 Å². The summed E-state index contributed by atoms with van der Waals surface area (Å²) in [5, 5.41) is 5.86. The standard InChI is InChI=1S/C22H21N3O2/c1-3-27-22(26)21-13-19(23-25(21)14-16-9-5-4-6-10-16)18-15-24(2)20-12-8-7-11-17(18)20/h4-13,15H,3,14H2,1-2H3. The Morgan fingerprint density at radius 3 is 2.59 bits per heavy atom. The third kappa shape index (κ3) is 3.24. The molecule has 0 aliphatic heterocycles. The van der Waals surface area contributed by atoms with Gasteiger partial charge in [-0.2, -0.15) is 5.10 Å². The largest absolute Gasteiger partial charge is 0.461 e. The number of carbonyl (C=O) groups excluding carboxylic acids is 1. The van der Waals surface area contributed by atoms with Crippen LogP contribution in [0.1, 0.15) is 23.0 Å². The first-order valence-electron chi connectivity index (χ1n) is 9.00. The first-order valence-corrected chi connectivity index (χ1v) is 9.00. The Bertz CT molecular complexity index is 1090. The summed E-state index contributed by atoms with van der Waals surface area (Å²) in [6.45, 7) is 2.65. The molecule has 27 heavy (non-hydrogen) atoms. The van der Waals surface area contributed by atoms with Crippen LogP contribution in [0.5, 0.6) is 0 Å². The van der Waals surface area contributed by atoms with Crippen LogP contribution in [0, 0.1) is 0 Å². The molecule has 0 radical (unpaired) electrons. The lowest BCUT2D eigenvalue weighted by molar-refractivity contribution is 0.0512. The van der Waals surface area contributed by atoms with Gasteiger partial charge >= 0.3 is 5.97 Å². The number of benzene rings is 2. The molecule has 5 heteroatoms. The molecule has 0 aliphatic carbocycles. The van der Waals surface area contributed by atoms with Crippen molar-refractivity contribution in [3.8, 4) is 11.3 Å². The summed E-state index contributed by atoms with van der Waals surface area (Å²) >= 11 is 0. The maximum atomic E-state index is 12.5. The summed E-state index contributed by atoms with van der Waals surface area (Å²) in [6, 6.07) is 20.0. The number of hydrogen-bond donors (Lipinski definition) is 0. The van der Waals surface area contributed by atoms with Crippen LogP contribution < -0.4 is 0 Å². The van der Waals surface area contributed by atoms with E-state index in [0.717, 1.165) is 27.7 Å². The number of aryl methyl sites for hydroxylation is 1. The fraction of sp³-hybridized carbons (Fsp3) is 0.182. The predicted octanol–water partition coefficient (Wildman–Crippen LogP) is 4.27. The lowest BCUT2D eigenvalue weighted by Crippen LogP contribution is -2.14. The topological polar surface area (TPSA) is 49.1 Å². The van der Waals surface area contributed by atoms with E-state index in [1.165, 1.54) is 0 Å². The second-order valence-electron chi connectivity index (χ2n) is 6.45. The third-order valence-corrected chi connectivity index (χ3v) is 4.61. The summed E-state index contributed by atoms with van der Waals surface area (Å²) < 4.78 is 9.04. The SMILES string of the molecule is CCOC(=O)c1cc(-c2cn(C)c3ccccc23)nn1Cc1ccccc1. The average Bonchev–Trinajstić information content (AvgIpc) is 3.25. The number of para-hydroxylation sites is 1. The van der Waals surface area contributed by atoms with Crippen molar-refractivity contribution in [2.24, 2.45) is 7.05 Å². The maximum absolute atomic E-state index is 12.5. The minimum Gasteiger partial charge on any atom is -0.461 e. The minimum atomic E-state index is -0.354. The molecule has 0 atom stereocenters. The van der Waals surface area contributed by atoms with Gasteiger partial charge in [0, 0.05) is 29.7 Å². The van der Waals surface area contributed by atoms with Crippen molar-refractivity contribution in [3.05, 3.63) is 78.1 Å². The zero-order valence-electron chi connectivity index (χ0n) is 15.4. The quantitative estimate of drug-likeness (QED) is 0.500. The van der Waals surface area contributed by atoms with Gasteiger partial charge in [-0.3, -0.25) is 4.68 Å². The molecule has 0 saturated heterocycles. The van der Waals surface area contributed by atoms with Crippen molar-refractivity contribution >= 4 is 16.9 Å². The molecule has 5 nitrogen and oxygen atoms in total. The summed E-state index contributed by atoms with van der Waals surface area (Å²) in [6.07, 6.45) is 2.05. The Morgan fingerprint density at radius 2 is 1.81 bits per heavy atom. The molecule has 0 unspecified atom stereocenters. The van der Waals surface area contributed by atoms with Gasteiger partial charge in [0.25, 0.3) is 0 Å². The highest BCUT2D eigenvalue weighted by atomic mass is 16.5. The number of ether oxygens (including phenoxy) is 1. The monoisotopic (exact) mass is 359 g/mol. The maximum Gasteiger partial charge on any atom is 0.356 e. The van der Waals surface area contributed by atoms with Gasteiger partial charge in [0.05, 0.1) is 18.8 Å². The van der Waals surface area contributed by atoms with Crippen LogP contribution >= 0.6 is 0 Å². The molecule has 0 amide bonds. The van der Waals surface area contributed by atoms with E-state index in [9.17, 15) is 4.79 Å². The Balaban J connectivity index is 1.82. The van der Waals surface area contributed by atoms with E-state index in [0.29, 0.717) is 18.8 Å². The first kappa shape index (κ1) is 17.1. The van der Waals surface area contributed by atoms with E-state index in [2.05, 4.69) is 22.9 Å². The first-order chi connectivity index (χ1) is 13.2. The number of rotatable bonds is 5. The Morgan fingerprint density at radius 1 is 1.07 bits per heavy atom.